The Labute approximate surface area is 193 Å². The van der Waals surface area contributed by atoms with E-state index in [1.807, 2.05) is 47.5 Å². The van der Waals surface area contributed by atoms with Gasteiger partial charge in [0.25, 0.3) is 5.91 Å². The van der Waals surface area contributed by atoms with Crippen LogP contribution in [0.5, 0.6) is 5.75 Å². The number of aryl methyl sites for hydroxylation is 1. The summed E-state index contributed by atoms with van der Waals surface area (Å²) in [6, 6.07) is 18.1. The number of amides is 2. The van der Waals surface area contributed by atoms with Gasteiger partial charge in [-0.15, -0.1) is 11.3 Å². The molecule has 2 aromatic carbocycles. The molecule has 0 spiro atoms. The molecule has 3 aromatic rings. The number of hydrogen-bond acceptors (Lipinski definition) is 4. The van der Waals surface area contributed by atoms with Crippen LogP contribution in [0.1, 0.15) is 27.2 Å². The fourth-order valence-corrected chi connectivity index (χ4v) is 5.21. The maximum atomic E-state index is 13.0. The van der Waals surface area contributed by atoms with Crippen molar-refractivity contribution in [1.82, 2.24) is 10.2 Å². The largest absolute Gasteiger partial charge is 0.496 e. The molecule has 6 heteroatoms. The first-order valence-electron chi connectivity index (χ1n) is 10.7. The molecular formula is C26H28N2O3S. The number of hydrogen-bond donors (Lipinski definition) is 1. The van der Waals surface area contributed by atoms with Gasteiger partial charge >= 0.3 is 0 Å². The number of nitrogens with zero attached hydrogens (tertiary/aromatic N) is 1. The average Bonchev–Trinajstić information content (AvgIpc) is 3.46. The van der Waals surface area contributed by atoms with Crippen LogP contribution in [0.2, 0.25) is 0 Å². The minimum absolute atomic E-state index is 0.00616. The Balaban J connectivity index is 1.55. The molecule has 0 saturated carbocycles. The summed E-state index contributed by atoms with van der Waals surface area (Å²) in [4.78, 5) is 28.9. The quantitative estimate of drug-likeness (QED) is 0.602. The van der Waals surface area contributed by atoms with Crippen LogP contribution in [-0.2, 0) is 11.2 Å². The fraction of sp³-hybridized carbons (Fsp3) is 0.308. The van der Waals surface area contributed by atoms with Gasteiger partial charge in [0.2, 0.25) is 5.91 Å². The van der Waals surface area contributed by atoms with Crippen molar-refractivity contribution in [1.29, 1.82) is 0 Å². The summed E-state index contributed by atoms with van der Waals surface area (Å²) in [7, 11) is 3.34. The van der Waals surface area contributed by atoms with Gasteiger partial charge < -0.3 is 15.0 Å². The number of likely N-dealkylation sites (tertiary alicyclic amines) is 1. The molecule has 0 aliphatic carbocycles. The smallest absolute Gasteiger partial charge is 0.254 e. The standard InChI is InChI=1S/C26H28N2O3S/c1-18-14-21(16-32-18)24(29)28-13-12-26(17-28,25(30)27-2)15-19-8-10-20(11-9-19)22-6-4-5-7-23(22)31-3/h4-11,14,16H,12-13,15,17H2,1-3H3,(H,27,30)/t26-/m1/s1. The van der Waals surface area contributed by atoms with E-state index in [9.17, 15) is 9.59 Å². The van der Waals surface area contributed by atoms with E-state index in [-0.39, 0.29) is 11.8 Å². The summed E-state index contributed by atoms with van der Waals surface area (Å²) in [5.41, 5.74) is 3.26. The highest BCUT2D eigenvalue weighted by Crippen LogP contribution is 2.37. The van der Waals surface area contributed by atoms with Crippen molar-refractivity contribution in [3.8, 4) is 16.9 Å². The number of carbonyl (C=O) groups excluding carboxylic acids is 2. The molecule has 0 bridgehead atoms. The number of para-hydroxylation sites is 1. The SMILES string of the molecule is CNC(=O)[C@@]1(Cc2ccc(-c3ccccc3OC)cc2)CCN(C(=O)c2csc(C)c2)C1. The Hall–Kier alpha value is -3.12. The van der Waals surface area contributed by atoms with Crippen LogP contribution in [-0.4, -0.2) is 44.0 Å². The monoisotopic (exact) mass is 448 g/mol. The number of rotatable bonds is 6. The van der Waals surface area contributed by atoms with Crippen molar-refractivity contribution in [3.63, 3.8) is 0 Å². The third-order valence-electron chi connectivity index (χ3n) is 6.24. The summed E-state index contributed by atoms with van der Waals surface area (Å²) in [5, 5.41) is 4.73. The van der Waals surface area contributed by atoms with E-state index in [0.29, 0.717) is 31.5 Å². The molecule has 0 unspecified atom stereocenters. The van der Waals surface area contributed by atoms with Crippen molar-refractivity contribution in [2.75, 3.05) is 27.2 Å². The molecule has 32 heavy (non-hydrogen) atoms. The van der Waals surface area contributed by atoms with Crippen LogP contribution in [0.25, 0.3) is 11.1 Å². The van der Waals surface area contributed by atoms with Gasteiger partial charge in [-0.05, 0) is 43.0 Å². The maximum Gasteiger partial charge on any atom is 0.254 e. The van der Waals surface area contributed by atoms with Crippen molar-refractivity contribution < 1.29 is 14.3 Å². The second-order valence-electron chi connectivity index (χ2n) is 8.36. The number of carbonyl (C=O) groups is 2. The average molecular weight is 449 g/mol. The normalized spacial score (nSPS) is 17.9. The summed E-state index contributed by atoms with van der Waals surface area (Å²) < 4.78 is 5.48. The lowest BCUT2D eigenvalue weighted by molar-refractivity contribution is -0.129. The zero-order valence-corrected chi connectivity index (χ0v) is 19.5. The highest BCUT2D eigenvalue weighted by atomic mass is 32.1. The molecule has 1 aliphatic heterocycles. The van der Waals surface area contributed by atoms with Crippen LogP contribution >= 0.6 is 11.3 Å². The van der Waals surface area contributed by atoms with E-state index in [1.165, 1.54) is 0 Å². The second kappa shape index (κ2) is 9.17. The predicted octanol–water partition coefficient (Wildman–Crippen LogP) is 4.55. The molecule has 2 heterocycles. The van der Waals surface area contributed by atoms with Gasteiger partial charge in [-0.1, -0.05) is 42.5 Å². The number of ether oxygens (including phenoxy) is 1. The molecule has 1 atom stereocenters. The van der Waals surface area contributed by atoms with Crippen LogP contribution in [0.4, 0.5) is 0 Å². The van der Waals surface area contributed by atoms with E-state index in [2.05, 4.69) is 29.6 Å². The highest BCUT2D eigenvalue weighted by Gasteiger charge is 2.45. The lowest BCUT2D eigenvalue weighted by atomic mass is 9.79. The molecule has 4 rings (SSSR count). The predicted molar refractivity (Wildman–Crippen MR) is 128 cm³/mol. The van der Waals surface area contributed by atoms with Gasteiger partial charge in [0.15, 0.2) is 0 Å². The lowest BCUT2D eigenvalue weighted by Gasteiger charge is -2.28. The zero-order chi connectivity index (χ0) is 22.7. The maximum absolute atomic E-state index is 13.0. The van der Waals surface area contributed by atoms with E-state index in [4.69, 9.17) is 4.74 Å². The highest BCUT2D eigenvalue weighted by molar-refractivity contribution is 7.10. The number of nitrogens with one attached hydrogen (secondary N) is 1. The van der Waals surface area contributed by atoms with Crippen molar-refractivity contribution in [2.24, 2.45) is 5.41 Å². The van der Waals surface area contributed by atoms with Crippen LogP contribution < -0.4 is 10.1 Å². The molecule has 1 fully saturated rings. The minimum Gasteiger partial charge on any atom is -0.496 e. The Bertz CT molecular complexity index is 1120. The summed E-state index contributed by atoms with van der Waals surface area (Å²) in [5.74, 6) is 0.824. The molecule has 1 aliphatic rings. The third-order valence-corrected chi connectivity index (χ3v) is 7.10. The summed E-state index contributed by atoms with van der Waals surface area (Å²) in [6.45, 7) is 3.00. The first kappa shape index (κ1) is 22.1. The lowest BCUT2D eigenvalue weighted by Crippen LogP contribution is -2.44. The molecule has 166 valence electrons. The molecule has 0 radical (unpaired) electrons. The van der Waals surface area contributed by atoms with E-state index in [1.54, 1.807) is 25.5 Å². The van der Waals surface area contributed by atoms with Crippen molar-refractivity contribution >= 4 is 23.2 Å². The second-order valence-corrected chi connectivity index (χ2v) is 9.47. The number of thiophene rings is 1. The van der Waals surface area contributed by atoms with Gasteiger partial charge in [-0.2, -0.15) is 0 Å². The zero-order valence-electron chi connectivity index (χ0n) is 18.7. The first-order chi connectivity index (χ1) is 15.5. The van der Waals surface area contributed by atoms with Gasteiger partial charge in [0.1, 0.15) is 5.75 Å². The summed E-state index contributed by atoms with van der Waals surface area (Å²) >= 11 is 1.57. The Morgan fingerprint density at radius 2 is 1.91 bits per heavy atom. The van der Waals surface area contributed by atoms with Crippen LogP contribution in [0.3, 0.4) is 0 Å². The van der Waals surface area contributed by atoms with Crippen LogP contribution in [0, 0.1) is 12.3 Å². The summed E-state index contributed by atoms with van der Waals surface area (Å²) in [6.07, 6.45) is 1.24. The first-order valence-corrected chi connectivity index (χ1v) is 11.6. The van der Waals surface area contributed by atoms with Gasteiger partial charge in [-0.25, -0.2) is 0 Å². The molecular weight excluding hydrogens is 420 g/mol. The van der Waals surface area contributed by atoms with E-state index >= 15 is 0 Å². The van der Waals surface area contributed by atoms with Gasteiger partial charge in [-0.3, -0.25) is 9.59 Å². The molecule has 2 amide bonds. The Morgan fingerprint density at radius 3 is 2.56 bits per heavy atom. The Kier molecular flexibility index (Phi) is 6.33. The van der Waals surface area contributed by atoms with Gasteiger partial charge in [0, 0.05) is 36.0 Å². The number of benzene rings is 2. The minimum atomic E-state index is -0.624. The van der Waals surface area contributed by atoms with E-state index < -0.39 is 5.41 Å². The fourth-order valence-electron chi connectivity index (χ4n) is 4.54. The molecule has 5 nitrogen and oxygen atoms in total. The van der Waals surface area contributed by atoms with Crippen molar-refractivity contribution in [2.45, 2.75) is 19.8 Å². The Morgan fingerprint density at radius 1 is 1.16 bits per heavy atom. The van der Waals surface area contributed by atoms with E-state index in [0.717, 1.165) is 27.3 Å². The van der Waals surface area contributed by atoms with Gasteiger partial charge in [0.05, 0.1) is 18.1 Å². The molecule has 1 N–H and O–H groups in total. The van der Waals surface area contributed by atoms with Crippen molar-refractivity contribution in [3.05, 3.63) is 76.0 Å². The number of methoxy groups -OCH3 is 1. The molecule has 1 aromatic heterocycles. The molecule has 1 saturated heterocycles. The third kappa shape index (κ3) is 4.28. The topological polar surface area (TPSA) is 58.6 Å². The van der Waals surface area contributed by atoms with Crippen LogP contribution in [0.15, 0.2) is 60.0 Å².